The van der Waals surface area contributed by atoms with Gasteiger partial charge in [0.25, 0.3) is 5.91 Å². The predicted octanol–water partition coefficient (Wildman–Crippen LogP) is 2.98. The van der Waals surface area contributed by atoms with Crippen molar-refractivity contribution in [3.05, 3.63) is 104 Å². The van der Waals surface area contributed by atoms with Gasteiger partial charge in [-0.1, -0.05) is 24.3 Å². The third kappa shape index (κ3) is 4.07. The van der Waals surface area contributed by atoms with Crippen molar-refractivity contribution in [2.24, 2.45) is 0 Å². The van der Waals surface area contributed by atoms with Gasteiger partial charge in [-0.15, -0.1) is 10.2 Å². The second-order valence-corrected chi connectivity index (χ2v) is 9.36. The average Bonchev–Trinajstić information content (AvgIpc) is 3.31. The van der Waals surface area contributed by atoms with Gasteiger partial charge in [-0.3, -0.25) is 23.9 Å². The largest absolute Gasteiger partial charge is 0.349 e. The minimum Gasteiger partial charge on any atom is -0.349 e. The van der Waals surface area contributed by atoms with Gasteiger partial charge >= 0.3 is 11.1 Å². The molecule has 5 aromatic rings. The van der Waals surface area contributed by atoms with Gasteiger partial charge in [0.1, 0.15) is 17.3 Å². The van der Waals surface area contributed by atoms with E-state index in [2.05, 4.69) is 30.5 Å². The number of carbonyl (C=O) groups is 1. The highest BCUT2D eigenvalue weighted by molar-refractivity contribution is 6.04. The molecule has 3 N–H and O–H groups in total. The molecular formula is C27H22FN7O3. The van der Waals surface area contributed by atoms with Gasteiger partial charge in [-0.05, 0) is 55.7 Å². The molecule has 11 heteroatoms. The summed E-state index contributed by atoms with van der Waals surface area (Å²) in [5, 5.41) is 11.7. The van der Waals surface area contributed by atoms with Crippen LogP contribution in [0.5, 0.6) is 0 Å². The van der Waals surface area contributed by atoms with E-state index in [0.717, 1.165) is 5.56 Å². The summed E-state index contributed by atoms with van der Waals surface area (Å²) in [6.07, 6.45) is 2.86. The molecule has 3 aromatic heterocycles. The molecule has 190 valence electrons. The fourth-order valence-electron chi connectivity index (χ4n) is 4.74. The minimum absolute atomic E-state index is 0.0738. The van der Waals surface area contributed by atoms with Crippen molar-refractivity contribution in [1.82, 2.24) is 35.0 Å². The SMILES string of the molecule is Cc1ccc(-c2nnc(C3CC(NC(=O)c4cccc5[nH]c(=O)c(=O)[nH]c45)C3)n2-c2ccccc2F)nc1. The fourth-order valence-corrected chi connectivity index (χ4v) is 4.74. The molecule has 1 fully saturated rings. The van der Waals surface area contributed by atoms with Crippen molar-refractivity contribution in [3.63, 3.8) is 0 Å². The van der Waals surface area contributed by atoms with Gasteiger partial charge in [-0.25, -0.2) is 4.39 Å². The van der Waals surface area contributed by atoms with E-state index in [1.807, 2.05) is 19.1 Å². The monoisotopic (exact) mass is 511 g/mol. The number of H-pyrrole nitrogens is 2. The molecule has 6 rings (SSSR count). The highest BCUT2D eigenvalue weighted by Gasteiger charge is 2.36. The number of hydrogen-bond donors (Lipinski definition) is 3. The summed E-state index contributed by atoms with van der Waals surface area (Å²) in [4.78, 5) is 45.9. The van der Waals surface area contributed by atoms with E-state index < -0.39 is 16.9 Å². The molecule has 0 radical (unpaired) electrons. The summed E-state index contributed by atoms with van der Waals surface area (Å²) in [7, 11) is 0. The first-order valence-electron chi connectivity index (χ1n) is 12.1. The third-order valence-electron chi connectivity index (χ3n) is 6.76. The lowest BCUT2D eigenvalue weighted by molar-refractivity contribution is 0.0908. The summed E-state index contributed by atoms with van der Waals surface area (Å²) in [5.41, 5.74) is 1.16. The molecule has 1 aliphatic carbocycles. The molecule has 1 saturated carbocycles. The Morgan fingerprint density at radius 3 is 2.55 bits per heavy atom. The topological polar surface area (TPSA) is 138 Å². The summed E-state index contributed by atoms with van der Waals surface area (Å²) in [5.74, 6) is 0.169. The number of halogens is 1. The molecule has 0 saturated heterocycles. The van der Waals surface area contributed by atoms with Crippen molar-refractivity contribution in [1.29, 1.82) is 0 Å². The number of hydrogen-bond acceptors (Lipinski definition) is 6. The zero-order valence-electron chi connectivity index (χ0n) is 20.2. The first-order valence-corrected chi connectivity index (χ1v) is 12.1. The molecule has 38 heavy (non-hydrogen) atoms. The fraction of sp³-hybridized carbons (Fsp3) is 0.185. The lowest BCUT2D eigenvalue weighted by Crippen LogP contribution is -2.44. The average molecular weight is 512 g/mol. The quantitative estimate of drug-likeness (QED) is 0.310. The summed E-state index contributed by atoms with van der Waals surface area (Å²) in [6.45, 7) is 1.93. The van der Waals surface area contributed by atoms with E-state index >= 15 is 0 Å². The summed E-state index contributed by atoms with van der Waals surface area (Å²) < 4.78 is 16.6. The van der Waals surface area contributed by atoms with Crippen LogP contribution in [-0.2, 0) is 0 Å². The third-order valence-corrected chi connectivity index (χ3v) is 6.76. The molecule has 0 unspecified atom stereocenters. The van der Waals surface area contributed by atoms with E-state index in [9.17, 15) is 18.8 Å². The van der Waals surface area contributed by atoms with E-state index in [4.69, 9.17) is 0 Å². The molecule has 10 nitrogen and oxygen atoms in total. The van der Waals surface area contributed by atoms with Crippen molar-refractivity contribution < 1.29 is 9.18 Å². The summed E-state index contributed by atoms with van der Waals surface area (Å²) >= 11 is 0. The van der Waals surface area contributed by atoms with Crippen LogP contribution in [0.2, 0.25) is 0 Å². The number of nitrogens with zero attached hydrogens (tertiary/aromatic N) is 4. The van der Waals surface area contributed by atoms with Crippen molar-refractivity contribution in [2.75, 3.05) is 0 Å². The normalized spacial score (nSPS) is 16.8. The number of aryl methyl sites for hydroxylation is 1. The molecule has 0 bridgehead atoms. The Hall–Kier alpha value is -4.93. The molecule has 2 aromatic carbocycles. The van der Waals surface area contributed by atoms with Gasteiger partial charge < -0.3 is 15.3 Å². The number of pyridine rings is 1. The predicted molar refractivity (Wildman–Crippen MR) is 138 cm³/mol. The van der Waals surface area contributed by atoms with Crippen LogP contribution in [0, 0.1) is 12.7 Å². The number of para-hydroxylation sites is 2. The van der Waals surface area contributed by atoms with Crippen molar-refractivity contribution in [3.8, 4) is 17.2 Å². The Kier molecular flexibility index (Phi) is 5.67. The van der Waals surface area contributed by atoms with Crippen LogP contribution in [0.25, 0.3) is 28.2 Å². The maximum atomic E-state index is 14.9. The molecule has 0 aliphatic heterocycles. The van der Waals surface area contributed by atoms with Crippen LogP contribution in [-0.4, -0.2) is 41.7 Å². The van der Waals surface area contributed by atoms with E-state index in [-0.39, 0.29) is 28.9 Å². The Balaban J connectivity index is 1.27. The number of rotatable bonds is 5. The minimum atomic E-state index is -0.826. The van der Waals surface area contributed by atoms with Gasteiger partial charge in [0.2, 0.25) is 0 Å². The number of aromatic amines is 2. The number of carbonyl (C=O) groups excluding carboxylic acids is 1. The van der Waals surface area contributed by atoms with Crippen LogP contribution in [0.15, 0.2) is 70.4 Å². The van der Waals surface area contributed by atoms with Crippen LogP contribution < -0.4 is 16.4 Å². The van der Waals surface area contributed by atoms with Gasteiger partial charge in [-0.2, -0.15) is 0 Å². The van der Waals surface area contributed by atoms with Crippen LogP contribution in [0.1, 0.15) is 40.5 Å². The lowest BCUT2D eigenvalue weighted by atomic mass is 9.79. The molecular weight excluding hydrogens is 489 g/mol. The lowest BCUT2D eigenvalue weighted by Gasteiger charge is -2.35. The first kappa shape index (κ1) is 23.5. The van der Waals surface area contributed by atoms with Crippen LogP contribution >= 0.6 is 0 Å². The van der Waals surface area contributed by atoms with Gasteiger partial charge in [0.05, 0.1) is 22.3 Å². The maximum absolute atomic E-state index is 14.9. The Bertz CT molecular complexity index is 1800. The Morgan fingerprint density at radius 2 is 1.79 bits per heavy atom. The zero-order valence-corrected chi connectivity index (χ0v) is 20.2. The van der Waals surface area contributed by atoms with E-state index in [1.165, 1.54) is 6.07 Å². The van der Waals surface area contributed by atoms with E-state index in [1.54, 1.807) is 47.2 Å². The Morgan fingerprint density at radius 1 is 1.00 bits per heavy atom. The van der Waals surface area contributed by atoms with E-state index in [0.29, 0.717) is 41.4 Å². The number of fused-ring (bicyclic) bond motifs is 1. The second kappa shape index (κ2) is 9.18. The molecule has 1 aliphatic rings. The molecule has 1 amide bonds. The second-order valence-electron chi connectivity index (χ2n) is 9.36. The highest BCUT2D eigenvalue weighted by atomic mass is 19.1. The number of benzene rings is 2. The molecule has 3 heterocycles. The molecule has 0 atom stereocenters. The standard InChI is InChI=1S/C27H22FN7O3/c1-14-9-10-20(29-13-14)24-34-33-23(35(24)21-8-3-2-6-18(21)28)15-11-16(12-15)30-25(36)17-5-4-7-19-22(17)32-27(38)26(37)31-19/h2-10,13,15-16H,11-12H2,1H3,(H,30,36)(H,31,37)(H,32,38). The number of amides is 1. The molecule has 0 spiro atoms. The Labute approximate surface area is 214 Å². The first-order chi connectivity index (χ1) is 18.4. The number of aromatic nitrogens is 6. The smallest absolute Gasteiger partial charge is 0.314 e. The zero-order chi connectivity index (χ0) is 26.4. The van der Waals surface area contributed by atoms with Crippen molar-refractivity contribution >= 4 is 16.9 Å². The summed E-state index contributed by atoms with van der Waals surface area (Å²) in [6, 6.07) is 14.8. The van der Waals surface area contributed by atoms with Gasteiger partial charge in [0, 0.05) is 18.2 Å². The van der Waals surface area contributed by atoms with Crippen LogP contribution in [0.4, 0.5) is 4.39 Å². The van der Waals surface area contributed by atoms with Crippen molar-refractivity contribution in [2.45, 2.75) is 31.7 Å². The van der Waals surface area contributed by atoms with Crippen LogP contribution in [0.3, 0.4) is 0 Å². The maximum Gasteiger partial charge on any atom is 0.314 e. The number of nitrogens with one attached hydrogen (secondary N) is 3. The van der Waals surface area contributed by atoms with Gasteiger partial charge in [0.15, 0.2) is 5.82 Å². The highest BCUT2D eigenvalue weighted by Crippen LogP contribution is 2.39.